The van der Waals surface area contributed by atoms with Crippen LogP contribution in [0.5, 0.6) is 17.2 Å². The number of carbonyl (C=O) groups excluding carboxylic acids is 1. The van der Waals surface area contributed by atoms with Crippen molar-refractivity contribution in [2.24, 2.45) is 0 Å². The smallest absolute Gasteiger partial charge is 0.449 e. The van der Waals surface area contributed by atoms with Gasteiger partial charge in [-0.05, 0) is 67.4 Å². The van der Waals surface area contributed by atoms with Gasteiger partial charge in [-0.1, -0.05) is 12.1 Å². The summed E-state index contributed by atoms with van der Waals surface area (Å²) in [6.45, 7) is 3.36. The van der Waals surface area contributed by atoms with Crippen LogP contribution in [0.2, 0.25) is 0 Å². The number of carbonyl (C=O) groups is 1. The van der Waals surface area contributed by atoms with Gasteiger partial charge in [0.15, 0.2) is 0 Å². The maximum atomic E-state index is 13.8. The molecule has 1 heterocycles. The number of halogens is 4. The van der Waals surface area contributed by atoms with Crippen LogP contribution in [0.4, 0.5) is 17.6 Å². The number of hydrogen-bond donors (Lipinski definition) is 0. The summed E-state index contributed by atoms with van der Waals surface area (Å²) >= 11 is 0. The lowest BCUT2D eigenvalue weighted by Crippen LogP contribution is -2.16. The Kier molecular flexibility index (Phi) is 5.87. The number of aryl methyl sites for hydroxylation is 2. The van der Waals surface area contributed by atoms with E-state index in [9.17, 15) is 27.2 Å². The molecule has 4 aromatic rings. The molecule has 0 atom stereocenters. The molecular weight excluding hydrogens is 456 g/mol. The molecule has 0 aliphatic carbocycles. The Morgan fingerprint density at radius 3 is 2.32 bits per heavy atom. The predicted molar refractivity (Wildman–Crippen MR) is 115 cm³/mol. The first kappa shape index (κ1) is 23.0. The molecule has 0 bridgehead atoms. The van der Waals surface area contributed by atoms with Gasteiger partial charge in [-0.2, -0.15) is 13.2 Å². The minimum atomic E-state index is -5.04. The van der Waals surface area contributed by atoms with E-state index in [0.717, 1.165) is 23.8 Å². The molecule has 34 heavy (non-hydrogen) atoms. The summed E-state index contributed by atoms with van der Waals surface area (Å²) < 4.78 is 69.9. The Bertz CT molecular complexity index is 1450. The van der Waals surface area contributed by atoms with E-state index in [1.165, 1.54) is 30.3 Å². The molecule has 9 heteroatoms. The monoisotopic (exact) mass is 472 g/mol. The van der Waals surface area contributed by atoms with Gasteiger partial charge < -0.3 is 13.9 Å². The first-order valence-electron chi connectivity index (χ1n) is 9.94. The molecule has 3 aromatic carbocycles. The largest absolute Gasteiger partial charge is 0.453 e. The molecule has 0 unspecified atom stereocenters. The molecule has 0 spiro atoms. The standard InChI is InChI=1S/C25H16F4O5/c1-13-3-4-14(2)19(11-13)33-22-21(30)18-10-9-17(12-20(18)34-23(22)25(27,28)29)32-24(31)15-5-7-16(26)8-6-15/h3-12H,1-2H3. The number of esters is 1. The highest BCUT2D eigenvalue weighted by Gasteiger charge is 2.40. The lowest BCUT2D eigenvalue weighted by molar-refractivity contribution is -0.154. The highest BCUT2D eigenvalue weighted by molar-refractivity contribution is 5.91. The van der Waals surface area contributed by atoms with Crippen LogP contribution in [0.25, 0.3) is 11.0 Å². The van der Waals surface area contributed by atoms with Crippen molar-refractivity contribution in [2.75, 3.05) is 0 Å². The van der Waals surface area contributed by atoms with Gasteiger partial charge in [-0.15, -0.1) is 0 Å². The molecule has 1 aromatic heterocycles. The summed E-state index contributed by atoms with van der Waals surface area (Å²) in [5.74, 6) is -4.11. The fourth-order valence-corrected chi connectivity index (χ4v) is 3.18. The highest BCUT2D eigenvalue weighted by atomic mass is 19.4. The number of rotatable bonds is 4. The Labute approximate surface area is 190 Å². The van der Waals surface area contributed by atoms with Crippen molar-refractivity contribution >= 4 is 16.9 Å². The molecule has 0 aliphatic heterocycles. The van der Waals surface area contributed by atoms with E-state index in [4.69, 9.17) is 13.9 Å². The van der Waals surface area contributed by atoms with Crippen LogP contribution in [-0.2, 0) is 6.18 Å². The van der Waals surface area contributed by atoms with Crippen LogP contribution in [0.3, 0.4) is 0 Å². The van der Waals surface area contributed by atoms with E-state index < -0.39 is 40.5 Å². The van der Waals surface area contributed by atoms with E-state index in [2.05, 4.69) is 0 Å². The van der Waals surface area contributed by atoms with Crippen LogP contribution in [0.1, 0.15) is 27.2 Å². The van der Waals surface area contributed by atoms with Crippen molar-refractivity contribution in [3.8, 4) is 17.2 Å². The van der Waals surface area contributed by atoms with Crippen LogP contribution < -0.4 is 14.9 Å². The molecule has 174 valence electrons. The summed E-state index contributed by atoms with van der Waals surface area (Å²) in [6.07, 6.45) is -5.04. The first-order valence-corrected chi connectivity index (χ1v) is 9.94. The summed E-state index contributed by atoms with van der Waals surface area (Å²) in [7, 11) is 0. The molecular formula is C25H16F4O5. The Morgan fingerprint density at radius 2 is 1.65 bits per heavy atom. The van der Waals surface area contributed by atoms with Crippen molar-refractivity contribution in [2.45, 2.75) is 20.0 Å². The van der Waals surface area contributed by atoms with Crippen molar-refractivity contribution < 1.29 is 36.2 Å². The lowest BCUT2D eigenvalue weighted by atomic mass is 10.1. The van der Waals surface area contributed by atoms with Gasteiger partial charge >= 0.3 is 12.1 Å². The van der Waals surface area contributed by atoms with Crippen molar-refractivity contribution in [1.82, 2.24) is 0 Å². The fourth-order valence-electron chi connectivity index (χ4n) is 3.18. The van der Waals surface area contributed by atoms with Gasteiger partial charge in [-0.3, -0.25) is 4.79 Å². The maximum absolute atomic E-state index is 13.8. The lowest BCUT2D eigenvalue weighted by Gasteiger charge is -2.15. The molecule has 0 saturated carbocycles. The molecule has 0 amide bonds. The van der Waals surface area contributed by atoms with Crippen molar-refractivity contribution in [1.29, 1.82) is 0 Å². The van der Waals surface area contributed by atoms with Gasteiger partial charge in [0.1, 0.15) is 22.9 Å². The van der Waals surface area contributed by atoms with E-state index >= 15 is 0 Å². The molecule has 0 aliphatic rings. The van der Waals surface area contributed by atoms with Gasteiger partial charge in [0.05, 0.1) is 10.9 Å². The Morgan fingerprint density at radius 1 is 0.941 bits per heavy atom. The molecule has 5 nitrogen and oxygen atoms in total. The third kappa shape index (κ3) is 4.63. The minimum Gasteiger partial charge on any atom is -0.449 e. The zero-order chi connectivity index (χ0) is 24.6. The molecule has 0 saturated heterocycles. The van der Waals surface area contributed by atoms with E-state index in [1.54, 1.807) is 26.0 Å². The first-order chi connectivity index (χ1) is 16.0. The summed E-state index contributed by atoms with van der Waals surface area (Å²) in [5.41, 5.74) is -0.203. The highest BCUT2D eigenvalue weighted by Crippen LogP contribution is 2.39. The topological polar surface area (TPSA) is 65.7 Å². The van der Waals surface area contributed by atoms with Crippen LogP contribution in [0, 0.1) is 19.7 Å². The second-order valence-corrected chi connectivity index (χ2v) is 7.51. The van der Waals surface area contributed by atoms with E-state index in [0.29, 0.717) is 5.56 Å². The zero-order valence-corrected chi connectivity index (χ0v) is 17.8. The average molecular weight is 472 g/mol. The third-order valence-corrected chi connectivity index (χ3v) is 4.93. The summed E-state index contributed by atoms with van der Waals surface area (Å²) in [6, 6.07) is 12.8. The van der Waals surface area contributed by atoms with Crippen LogP contribution in [0.15, 0.2) is 69.9 Å². The van der Waals surface area contributed by atoms with Gasteiger partial charge in [0.25, 0.3) is 5.76 Å². The summed E-state index contributed by atoms with van der Waals surface area (Å²) in [5, 5.41) is -0.199. The SMILES string of the molecule is Cc1ccc(C)c(Oc2c(C(F)(F)F)oc3cc(OC(=O)c4ccc(F)cc4)ccc3c2=O)c1. The summed E-state index contributed by atoms with van der Waals surface area (Å²) in [4.78, 5) is 25.2. The third-order valence-electron chi connectivity index (χ3n) is 4.93. The molecule has 0 radical (unpaired) electrons. The van der Waals surface area contributed by atoms with Gasteiger partial charge in [-0.25, -0.2) is 9.18 Å². The van der Waals surface area contributed by atoms with Crippen molar-refractivity contribution in [3.63, 3.8) is 0 Å². The second-order valence-electron chi connectivity index (χ2n) is 7.51. The number of ether oxygens (including phenoxy) is 2. The quantitative estimate of drug-likeness (QED) is 0.191. The maximum Gasteiger partial charge on any atom is 0.453 e. The molecule has 0 N–H and O–H groups in total. The Hall–Kier alpha value is -4.14. The molecule has 0 fully saturated rings. The van der Waals surface area contributed by atoms with E-state index in [1.807, 2.05) is 0 Å². The number of alkyl halides is 3. The minimum absolute atomic E-state index is 0.0243. The number of hydrogen-bond acceptors (Lipinski definition) is 5. The predicted octanol–water partition coefficient (Wildman–Crippen LogP) is 6.58. The zero-order valence-electron chi connectivity index (χ0n) is 17.8. The Balaban J connectivity index is 1.77. The van der Waals surface area contributed by atoms with Gasteiger partial charge in [0, 0.05) is 6.07 Å². The van der Waals surface area contributed by atoms with Gasteiger partial charge in [0.2, 0.25) is 11.2 Å². The van der Waals surface area contributed by atoms with E-state index in [-0.39, 0.29) is 22.4 Å². The molecule has 4 rings (SSSR count). The van der Waals surface area contributed by atoms with Crippen LogP contribution in [-0.4, -0.2) is 5.97 Å². The normalized spacial score (nSPS) is 11.5. The van der Waals surface area contributed by atoms with Crippen LogP contribution >= 0.6 is 0 Å². The number of benzene rings is 3. The fraction of sp³-hybridized carbons (Fsp3) is 0.120. The van der Waals surface area contributed by atoms with Crippen molar-refractivity contribution in [3.05, 3.63) is 99.2 Å². The number of fused-ring (bicyclic) bond motifs is 1. The average Bonchev–Trinajstić information content (AvgIpc) is 2.77. The second kappa shape index (κ2) is 8.66.